The number of ether oxygens (including phenoxy) is 2. The second kappa shape index (κ2) is 5.96. The monoisotopic (exact) mass is 407 g/mol. The SMILES string of the molecule is CCN1C[C@]2(COC)CC[C@@H](O)[C@@]34[C@@H]5C[C@H]6[C@@H](O)[C@@H]5[C@](O)(C[C@@H]6OC)[C@@H](C[C@H]23)[C@@H]14. The lowest BCUT2D eigenvalue weighted by Gasteiger charge is -2.69. The van der Waals surface area contributed by atoms with Crippen molar-refractivity contribution < 1.29 is 24.8 Å². The molecule has 1 saturated heterocycles. The second-order valence-corrected chi connectivity index (χ2v) is 11.2. The normalized spacial score (nSPS) is 62.5. The number of aliphatic hydroxyl groups is 3. The van der Waals surface area contributed by atoms with Gasteiger partial charge in [0, 0.05) is 61.8 Å². The summed E-state index contributed by atoms with van der Waals surface area (Å²) in [4.78, 5) is 2.57. The van der Waals surface area contributed by atoms with Crippen molar-refractivity contribution in [3.8, 4) is 0 Å². The van der Waals surface area contributed by atoms with E-state index in [2.05, 4.69) is 11.8 Å². The van der Waals surface area contributed by atoms with Crippen LogP contribution in [0.5, 0.6) is 0 Å². The third-order valence-corrected chi connectivity index (χ3v) is 10.9. The minimum absolute atomic E-state index is 0.0495. The fraction of sp³-hybridized carbons (Fsp3) is 1.00. The molecule has 6 fully saturated rings. The topological polar surface area (TPSA) is 82.4 Å². The number of likely N-dealkylation sites (tertiary alicyclic amines) is 1. The molecule has 5 saturated carbocycles. The summed E-state index contributed by atoms with van der Waals surface area (Å²) in [5.74, 6) is 0.553. The average Bonchev–Trinajstić information content (AvgIpc) is 3.13. The van der Waals surface area contributed by atoms with Crippen LogP contribution in [-0.2, 0) is 9.47 Å². The maximum absolute atomic E-state index is 12.2. The van der Waals surface area contributed by atoms with Gasteiger partial charge in [-0.3, -0.25) is 4.90 Å². The summed E-state index contributed by atoms with van der Waals surface area (Å²) in [7, 11) is 3.52. The Bertz CT molecular complexity index is 705. The molecule has 0 unspecified atom stereocenters. The summed E-state index contributed by atoms with van der Waals surface area (Å²) < 4.78 is 11.6. The summed E-state index contributed by atoms with van der Waals surface area (Å²) in [5, 5.41) is 35.2. The Kier molecular flexibility index (Phi) is 4.00. The van der Waals surface area contributed by atoms with Gasteiger partial charge in [-0.1, -0.05) is 6.92 Å². The van der Waals surface area contributed by atoms with Gasteiger partial charge in [0.2, 0.25) is 0 Å². The van der Waals surface area contributed by atoms with E-state index >= 15 is 0 Å². The molecule has 0 amide bonds. The quantitative estimate of drug-likeness (QED) is 0.642. The highest BCUT2D eigenvalue weighted by Crippen LogP contribution is 2.78. The molecule has 6 rings (SSSR count). The molecular weight excluding hydrogens is 370 g/mol. The first-order valence-corrected chi connectivity index (χ1v) is 11.7. The van der Waals surface area contributed by atoms with Gasteiger partial charge in [0.05, 0.1) is 30.5 Å². The Morgan fingerprint density at radius 2 is 1.93 bits per heavy atom. The lowest BCUT2D eigenvalue weighted by molar-refractivity contribution is -0.272. The van der Waals surface area contributed by atoms with Gasteiger partial charge in [-0.2, -0.15) is 0 Å². The van der Waals surface area contributed by atoms with Crippen molar-refractivity contribution in [1.82, 2.24) is 4.90 Å². The number of fused-ring (bicyclic) bond motifs is 2. The third-order valence-electron chi connectivity index (χ3n) is 10.9. The zero-order chi connectivity index (χ0) is 20.3. The molecule has 6 heteroatoms. The van der Waals surface area contributed by atoms with E-state index in [1.54, 1.807) is 14.2 Å². The third kappa shape index (κ3) is 1.93. The Balaban J connectivity index is 1.57. The predicted octanol–water partition coefficient (Wildman–Crippen LogP) is 0.877. The number of rotatable bonds is 4. The van der Waals surface area contributed by atoms with Crippen LogP contribution >= 0.6 is 0 Å². The van der Waals surface area contributed by atoms with Crippen LogP contribution in [0, 0.1) is 40.4 Å². The molecule has 1 aliphatic heterocycles. The molecule has 6 aliphatic rings. The number of methoxy groups -OCH3 is 2. The highest BCUT2D eigenvalue weighted by atomic mass is 16.5. The molecule has 7 bridgehead atoms. The van der Waals surface area contributed by atoms with Crippen LogP contribution in [0.15, 0.2) is 0 Å². The van der Waals surface area contributed by atoms with Crippen LogP contribution in [0.25, 0.3) is 0 Å². The molecule has 1 heterocycles. The highest BCUT2D eigenvalue weighted by Gasteiger charge is 2.83. The average molecular weight is 408 g/mol. The predicted molar refractivity (Wildman–Crippen MR) is 106 cm³/mol. The van der Waals surface area contributed by atoms with Crippen LogP contribution < -0.4 is 0 Å². The Labute approximate surface area is 173 Å². The van der Waals surface area contributed by atoms with Gasteiger partial charge in [0.1, 0.15) is 0 Å². The second-order valence-electron chi connectivity index (χ2n) is 11.2. The van der Waals surface area contributed by atoms with E-state index < -0.39 is 11.7 Å². The summed E-state index contributed by atoms with van der Waals surface area (Å²) in [5.41, 5.74) is -1.08. The van der Waals surface area contributed by atoms with Crippen LogP contribution in [0.1, 0.15) is 39.0 Å². The summed E-state index contributed by atoms with van der Waals surface area (Å²) in [6.07, 6.45) is 3.27. The highest BCUT2D eigenvalue weighted by molar-refractivity contribution is 5.33. The minimum Gasteiger partial charge on any atom is -0.392 e. The first kappa shape index (κ1) is 19.4. The van der Waals surface area contributed by atoms with Crippen molar-refractivity contribution >= 4 is 0 Å². The summed E-state index contributed by atoms with van der Waals surface area (Å²) in [6, 6.07) is 0.200. The fourth-order valence-electron chi connectivity index (χ4n) is 10.4. The van der Waals surface area contributed by atoms with E-state index in [-0.39, 0.29) is 52.8 Å². The molecular formula is C23H37NO5. The van der Waals surface area contributed by atoms with Crippen molar-refractivity contribution in [2.45, 2.75) is 69.0 Å². The standard InChI is InChI=1S/C23H37NO5/c1-4-24-10-21(11-28-2)6-5-17(25)23-13-7-12-15(29-3)9-22(27,18(13)19(12)26)14(20(23)24)8-16(21)23/h12-20,25-27H,4-11H2,1-3H3/t12-,13-,14+,15+,16-,17-,18-,19-,20-,21+,22+,23-/m1/s1. The lowest BCUT2D eigenvalue weighted by atomic mass is 9.43. The molecule has 29 heavy (non-hydrogen) atoms. The van der Waals surface area contributed by atoms with E-state index in [1.165, 1.54) is 0 Å². The lowest BCUT2D eigenvalue weighted by Crippen LogP contribution is -2.76. The number of piperidine rings is 1. The summed E-state index contributed by atoms with van der Waals surface area (Å²) >= 11 is 0. The van der Waals surface area contributed by atoms with Crippen molar-refractivity contribution in [2.75, 3.05) is 33.9 Å². The molecule has 0 radical (unpaired) electrons. The van der Waals surface area contributed by atoms with Crippen molar-refractivity contribution in [2.24, 2.45) is 40.4 Å². The van der Waals surface area contributed by atoms with Gasteiger partial charge in [-0.25, -0.2) is 0 Å². The maximum Gasteiger partial charge on any atom is 0.0771 e. The van der Waals surface area contributed by atoms with Crippen LogP contribution in [-0.4, -0.2) is 84.1 Å². The van der Waals surface area contributed by atoms with E-state index in [0.717, 1.165) is 45.4 Å². The van der Waals surface area contributed by atoms with Crippen molar-refractivity contribution in [3.63, 3.8) is 0 Å². The maximum atomic E-state index is 12.2. The van der Waals surface area contributed by atoms with Gasteiger partial charge in [-0.05, 0) is 44.1 Å². The smallest absolute Gasteiger partial charge is 0.0771 e. The van der Waals surface area contributed by atoms with Crippen LogP contribution in [0.2, 0.25) is 0 Å². The summed E-state index contributed by atoms with van der Waals surface area (Å²) in [6.45, 7) is 4.88. The van der Waals surface area contributed by atoms with Crippen LogP contribution in [0.4, 0.5) is 0 Å². The molecule has 0 aromatic rings. The zero-order valence-electron chi connectivity index (χ0n) is 18.0. The first-order chi connectivity index (χ1) is 13.9. The minimum atomic E-state index is -0.901. The number of aliphatic hydroxyl groups excluding tert-OH is 2. The molecule has 5 aliphatic carbocycles. The van der Waals surface area contributed by atoms with E-state index in [0.29, 0.717) is 12.3 Å². The molecule has 3 N–H and O–H groups in total. The first-order valence-electron chi connectivity index (χ1n) is 11.7. The Hall–Kier alpha value is -0.240. The largest absolute Gasteiger partial charge is 0.392 e. The Morgan fingerprint density at radius 3 is 2.62 bits per heavy atom. The van der Waals surface area contributed by atoms with E-state index in [4.69, 9.17) is 9.47 Å². The molecule has 12 atom stereocenters. The number of nitrogens with zero attached hydrogens (tertiary/aromatic N) is 1. The van der Waals surface area contributed by atoms with Crippen molar-refractivity contribution in [1.29, 1.82) is 0 Å². The van der Waals surface area contributed by atoms with Crippen molar-refractivity contribution in [3.05, 3.63) is 0 Å². The molecule has 0 aromatic heterocycles. The van der Waals surface area contributed by atoms with Gasteiger partial charge in [-0.15, -0.1) is 0 Å². The van der Waals surface area contributed by atoms with Gasteiger partial charge in [0.15, 0.2) is 0 Å². The van der Waals surface area contributed by atoms with E-state index in [1.807, 2.05) is 0 Å². The van der Waals surface area contributed by atoms with Gasteiger partial charge < -0.3 is 24.8 Å². The molecule has 164 valence electrons. The zero-order valence-corrected chi connectivity index (χ0v) is 18.0. The molecule has 0 aromatic carbocycles. The Morgan fingerprint density at radius 1 is 1.14 bits per heavy atom. The van der Waals surface area contributed by atoms with Crippen LogP contribution in [0.3, 0.4) is 0 Å². The van der Waals surface area contributed by atoms with Gasteiger partial charge in [0.25, 0.3) is 0 Å². The van der Waals surface area contributed by atoms with Gasteiger partial charge >= 0.3 is 0 Å². The number of hydrogen-bond acceptors (Lipinski definition) is 6. The van der Waals surface area contributed by atoms with E-state index in [9.17, 15) is 15.3 Å². The number of hydrogen-bond donors (Lipinski definition) is 3. The molecule has 6 nitrogen and oxygen atoms in total. The molecule has 1 spiro atoms. The fourth-order valence-corrected chi connectivity index (χ4v) is 10.4.